The highest BCUT2D eigenvalue weighted by Gasteiger charge is 2.41. The van der Waals surface area contributed by atoms with Crippen molar-refractivity contribution in [3.05, 3.63) is 0 Å². The van der Waals surface area contributed by atoms with Gasteiger partial charge in [0.25, 0.3) is 0 Å². The van der Waals surface area contributed by atoms with E-state index in [0.717, 1.165) is 12.8 Å². The van der Waals surface area contributed by atoms with E-state index < -0.39 is 24.1 Å². The molecule has 1 unspecified atom stereocenters. The van der Waals surface area contributed by atoms with Crippen LogP contribution in [0.4, 0.5) is 4.39 Å². The van der Waals surface area contributed by atoms with Crippen molar-refractivity contribution < 1.29 is 23.8 Å². The Morgan fingerprint density at radius 1 is 1.44 bits per heavy atom. The van der Waals surface area contributed by atoms with Gasteiger partial charge in [0.15, 0.2) is 6.04 Å². The molecule has 0 heterocycles. The lowest BCUT2D eigenvalue weighted by molar-refractivity contribution is -0.144. The Bertz CT molecular complexity index is 302. The van der Waals surface area contributed by atoms with Gasteiger partial charge in [-0.1, -0.05) is 12.8 Å². The SMILES string of the molecule is COCCC1(C(=O)NC(CF)C(=O)O)CCCC1. The van der Waals surface area contributed by atoms with Gasteiger partial charge in [0.1, 0.15) is 6.67 Å². The van der Waals surface area contributed by atoms with E-state index in [1.807, 2.05) is 0 Å². The summed E-state index contributed by atoms with van der Waals surface area (Å²) in [5.74, 6) is -1.70. The van der Waals surface area contributed by atoms with Crippen molar-refractivity contribution in [2.75, 3.05) is 20.4 Å². The minimum Gasteiger partial charge on any atom is -0.480 e. The monoisotopic (exact) mass is 261 g/mol. The van der Waals surface area contributed by atoms with E-state index in [-0.39, 0.29) is 5.91 Å². The van der Waals surface area contributed by atoms with Crippen molar-refractivity contribution in [2.24, 2.45) is 5.41 Å². The van der Waals surface area contributed by atoms with Gasteiger partial charge in [-0.15, -0.1) is 0 Å². The van der Waals surface area contributed by atoms with Crippen molar-refractivity contribution in [1.82, 2.24) is 5.32 Å². The number of rotatable bonds is 7. The van der Waals surface area contributed by atoms with E-state index >= 15 is 0 Å². The molecule has 1 fully saturated rings. The summed E-state index contributed by atoms with van der Waals surface area (Å²) >= 11 is 0. The van der Waals surface area contributed by atoms with Gasteiger partial charge in [0.05, 0.1) is 5.41 Å². The van der Waals surface area contributed by atoms with Crippen LogP contribution in [0.2, 0.25) is 0 Å². The molecule has 1 saturated carbocycles. The van der Waals surface area contributed by atoms with E-state index in [1.165, 1.54) is 0 Å². The molecule has 1 aliphatic rings. The number of carboxylic acid groups (broad SMARTS) is 1. The Balaban J connectivity index is 2.67. The second-order valence-corrected chi connectivity index (χ2v) is 4.75. The van der Waals surface area contributed by atoms with Crippen LogP contribution in [-0.4, -0.2) is 43.4 Å². The Morgan fingerprint density at radius 2 is 2.06 bits per heavy atom. The zero-order valence-electron chi connectivity index (χ0n) is 10.6. The normalized spacial score (nSPS) is 19.4. The predicted octanol–water partition coefficient (Wildman–Crippen LogP) is 1.12. The number of carboxylic acids is 1. The van der Waals surface area contributed by atoms with Gasteiger partial charge in [-0.2, -0.15) is 0 Å². The van der Waals surface area contributed by atoms with Crippen LogP contribution in [0.3, 0.4) is 0 Å². The van der Waals surface area contributed by atoms with Gasteiger partial charge in [-0.25, -0.2) is 9.18 Å². The fraction of sp³-hybridized carbons (Fsp3) is 0.833. The third-order valence-electron chi connectivity index (χ3n) is 3.58. The number of nitrogens with one attached hydrogen (secondary N) is 1. The number of hydrogen-bond donors (Lipinski definition) is 2. The molecule has 18 heavy (non-hydrogen) atoms. The molecule has 0 bridgehead atoms. The van der Waals surface area contributed by atoms with E-state index in [2.05, 4.69) is 5.32 Å². The maximum absolute atomic E-state index is 12.5. The number of ether oxygens (including phenoxy) is 1. The zero-order chi connectivity index (χ0) is 13.6. The standard InChI is InChI=1S/C12H20FNO4/c1-18-7-6-12(4-2-3-5-12)11(17)14-9(8-13)10(15)16/h9H,2-8H2,1H3,(H,14,17)(H,15,16). The number of carbonyl (C=O) groups is 2. The molecule has 104 valence electrons. The molecule has 0 spiro atoms. The van der Waals surface area contributed by atoms with Gasteiger partial charge >= 0.3 is 5.97 Å². The number of aliphatic carboxylic acids is 1. The molecule has 6 heteroatoms. The molecular weight excluding hydrogens is 241 g/mol. The molecule has 2 N–H and O–H groups in total. The lowest BCUT2D eigenvalue weighted by Crippen LogP contribution is -2.49. The van der Waals surface area contributed by atoms with Gasteiger partial charge < -0.3 is 15.2 Å². The average molecular weight is 261 g/mol. The maximum atomic E-state index is 12.5. The maximum Gasteiger partial charge on any atom is 0.328 e. The van der Waals surface area contributed by atoms with Crippen LogP contribution in [0.5, 0.6) is 0 Å². The van der Waals surface area contributed by atoms with Crippen LogP contribution in [0.1, 0.15) is 32.1 Å². The minimum atomic E-state index is -1.45. The van der Waals surface area contributed by atoms with Crippen LogP contribution in [0.15, 0.2) is 0 Å². The summed E-state index contributed by atoms with van der Waals surface area (Å²) in [5.41, 5.74) is -0.584. The Labute approximate surface area is 106 Å². The lowest BCUT2D eigenvalue weighted by atomic mass is 9.81. The quantitative estimate of drug-likeness (QED) is 0.720. The van der Waals surface area contributed by atoms with E-state index in [0.29, 0.717) is 25.9 Å². The number of methoxy groups -OCH3 is 1. The lowest BCUT2D eigenvalue weighted by Gasteiger charge is -2.28. The molecule has 0 radical (unpaired) electrons. The second kappa shape index (κ2) is 6.68. The summed E-state index contributed by atoms with van der Waals surface area (Å²) in [5, 5.41) is 11.0. The average Bonchev–Trinajstić information content (AvgIpc) is 2.82. The first-order valence-electron chi connectivity index (χ1n) is 6.14. The van der Waals surface area contributed by atoms with Crippen molar-refractivity contribution in [3.8, 4) is 0 Å². The van der Waals surface area contributed by atoms with Gasteiger partial charge in [-0.05, 0) is 19.3 Å². The Morgan fingerprint density at radius 3 is 2.50 bits per heavy atom. The fourth-order valence-corrected chi connectivity index (χ4v) is 2.42. The molecule has 0 aliphatic heterocycles. The molecule has 1 aliphatic carbocycles. The first kappa shape index (κ1) is 14.9. The van der Waals surface area contributed by atoms with Crippen molar-refractivity contribution in [2.45, 2.75) is 38.1 Å². The molecule has 1 atom stereocenters. The highest BCUT2D eigenvalue weighted by Crippen LogP contribution is 2.41. The van der Waals surface area contributed by atoms with Crippen LogP contribution in [-0.2, 0) is 14.3 Å². The summed E-state index contributed by atoms with van der Waals surface area (Å²) in [6.45, 7) is -0.651. The smallest absolute Gasteiger partial charge is 0.328 e. The number of hydrogen-bond acceptors (Lipinski definition) is 3. The summed E-state index contributed by atoms with van der Waals surface area (Å²) in [4.78, 5) is 22.9. The van der Waals surface area contributed by atoms with E-state index in [9.17, 15) is 14.0 Å². The largest absolute Gasteiger partial charge is 0.480 e. The van der Waals surface area contributed by atoms with Crippen molar-refractivity contribution in [3.63, 3.8) is 0 Å². The molecule has 0 saturated heterocycles. The van der Waals surface area contributed by atoms with E-state index in [1.54, 1.807) is 7.11 Å². The van der Waals surface area contributed by atoms with Gasteiger partial charge in [0, 0.05) is 13.7 Å². The van der Waals surface area contributed by atoms with Crippen LogP contribution in [0, 0.1) is 5.41 Å². The topological polar surface area (TPSA) is 75.6 Å². The van der Waals surface area contributed by atoms with Crippen LogP contribution in [0.25, 0.3) is 0 Å². The first-order valence-corrected chi connectivity index (χ1v) is 6.14. The molecule has 1 rings (SSSR count). The highest BCUT2D eigenvalue weighted by atomic mass is 19.1. The highest BCUT2D eigenvalue weighted by molar-refractivity contribution is 5.87. The number of alkyl halides is 1. The zero-order valence-corrected chi connectivity index (χ0v) is 10.6. The van der Waals surface area contributed by atoms with Crippen molar-refractivity contribution >= 4 is 11.9 Å². The predicted molar refractivity (Wildman–Crippen MR) is 62.9 cm³/mol. The fourth-order valence-electron chi connectivity index (χ4n) is 2.42. The summed E-state index contributed by atoms with van der Waals surface area (Å²) in [6, 6.07) is -1.45. The van der Waals surface area contributed by atoms with E-state index in [4.69, 9.17) is 9.84 Å². The third kappa shape index (κ3) is 3.41. The van der Waals surface area contributed by atoms with Crippen molar-refractivity contribution in [1.29, 1.82) is 0 Å². The molecule has 0 aromatic carbocycles. The molecular formula is C12H20FNO4. The number of amides is 1. The molecule has 5 nitrogen and oxygen atoms in total. The number of halogens is 1. The molecule has 0 aromatic rings. The minimum absolute atomic E-state index is 0.359. The second-order valence-electron chi connectivity index (χ2n) is 4.75. The molecule has 0 aromatic heterocycles. The molecule has 1 amide bonds. The summed E-state index contributed by atoms with van der Waals surface area (Å²) in [7, 11) is 1.56. The van der Waals surface area contributed by atoms with Crippen LogP contribution >= 0.6 is 0 Å². The van der Waals surface area contributed by atoms with Gasteiger partial charge in [0.2, 0.25) is 5.91 Å². The summed E-state index contributed by atoms with van der Waals surface area (Å²) in [6.07, 6.45) is 3.84. The Kier molecular flexibility index (Phi) is 5.53. The first-order chi connectivity index (χ1) is 8.55. The number of carbonyl (C=O) groups excluding carboxylic acids is 1. The third-order valence-corrected chi connectivity index (χ3v) is 3.58. The Hall–Kier alpha value is -1.17. The van der Waals surface area contributed by atoms with Gasteiger partial charge in [-0.3, -0.25) is 4.79 Å². The summed E-state index contributed by atoms with van der Waals surface area (Å²) < 4.78 is 17.5. The van der Waals surface area contributed by atoms with Crippen LogP contribution < -0.4 is 5.32 Å².